The molecule has 0 spiro atoms. The largest absolute Gasteiger partial charge is 0.337 e. The molecule has 0 aromatic heterocycles. The lowest BCUT2D eigenvalue weighted by Crippen LogP contribution is -2.33. The molecule has 128 valence electrons. The first kappa shape index (κ1) is 16.9. The summed E-state index contributed by atoms with van der Waals surface area (Å²) in [4.78, 5) is 41.4. The summed E-state index contributed by atoms with van der Waals surface area (Å²) >= 11 is 0. The molecule has 3 rings (SSSR count). The zero-order valence-corrected chi connectivity index (χ0v) is 14.0. The van der Waals surface area contributed by atoms with Gasteiger partial charge in [-0.3, -0.25) is 9.59 Å². The van der Waals surface area contributed by atoms with Crippen LogP contribution in [0.2, 0.25) is 0 Å². The number of hydrogen-bond donors (Lipinski definition) is 0. The van der Waals surface area contributed by atoms with Gasteiger partial charge in [-0.2, -0.15) is 0 Å². The van der Waals surface area contributed by atoms with Crippen molar-refractivity contribution in [2.75, 3.05) is 0 Å². The molecule has 5 heteroatoms. The van der Waals surface area contributed by atoms with Crippen LogP contribution < -0.4 is 0 Å². The second-order valence-electron chi connectivity index (χ2n) is 6.01. The zero-order chi connectivity index (χ0) is 17.8. The van der Waals surface area contributed by atoms with Crippen molar-refractivity contribution in [1.29, 1.82) is 0 Å². The second-order valence-corrected chi connectivity index (χ2v) is 6.01. The van der Waals surface area contributed by atoms with Gasteiger partial charge in [0.1, 0.15) is 0 Å². The number of carbonyl (C=O) groups is 3. The van der Waals surface area contributed by atoms with E-state index in [9.17, 15) is 14.4 Å². The van der Waals surface area contributed by atoms with Gasteiger partial charge in [0.2, 0.25) is 0 Å². The second kappa shape index (κ2) is 7.30. The van der Waals surface area contributed by atoms with Crippen molar-refractivity contribution >= 4 is 17.8 Å². The summed E-state index contributed by atoms with van der Waals surface area (Å²) in [5.74, 6) is -1.86. The fourth-order valence-corrected chi connectivity index (χ4v) is 2.76. The highest BCUT2D eigenvalue weighted by molar-refractivity contribution is 6.20. The Hall–Kier alpha value is -2.95. The maximum Gasteiger partial charge on any atom is 0.337 e. The third-order valence-electron chi connectivity index (χ3n) is 4.14. The van der Waals surface area contributed by atoms with Crippen molar-refractivity contribution in [3.05, 3.63) is 70.8 Å². The maximum absolute atomic E-state index is 12.2. The average Bonchev–Trinajstić information content (AvgIpc) is 2.86. The van der Waals surface area contributed by atoms with Crippen LogP contribution in [0.25, 0.3) is 0 Å². The van der Waals surface area contributed by atoms with Crippen molar-refractivity contribution in [3.63, 3.8) is 0 Å². The fourth-order valence-electron chi connectivity index (χ4n) is 2.76. The van der Waals surface area contributed by atoms with Gasteiger partial charge in [0.15, 0.2) is 0 Å². The number of amides is 2. The number of benzene rings is 2. The van der Waals surface area contributed by atoms with Crippen LogP contribution in [0.4, 0.5) is 0 Å². The normalized spacial score (nSPS) is 13.1. The summed E-state index contributed by atoms with van der Waals surface area (Å²) in [6.07, 6.45) is 3.27. The number of hydroxylamine groups is 2. The minimum Gasteiger partial charge on any atom is -0.329 e. The van der Waals surface area contributed by atoms with E-state index in [-0.39, 0.29) is 17.5 Å². The van der Waals surface area contributed by atoms with E-state index in [0.717, 1.165) is 24.8 Å². The van der Waals surface area contributed by atoms with Gasteiger partial charge in [-0.05, 0) is 36.1 Å². The van der Waals surface area contributed by atoms with E-state index in [2.05, 4.69) is 6.92 Å². The first-order chi connectivity index (χ1) is 12.1. The van der Waals surface area contributed by atoms with E-state index in [4.69, 9.17) is 4.84 Å². The summed E-state index contributed by atoms with van der Waals surface area (Å²) in [6.45, 7) is 2.14. The third-order valence-corrected chi connectivity index (χ3v) is 4.14. The molecular formula is C20H19NO4. The molecule has 0 radical (unpaired) electrons. The zero-order valence-electron chi connectivity index (χ0n) is 14.0. The van der Waals surface area contributed by atoms with Crippen LogP contribution in [0.1, 0.15) is 51.6 Å². The Morgan fingerprint density at radius 3 is 2.04 bits per heavy atom. The third kappa shape index (κ3) is 3.60. The lowest BCUT2D eigenvalue weighted by atomic mass is 10.1. The molecule has 2 aromatic carbocycles. The van der Waals surface area contributed by atoms with Gasteiger partial charge >= 0.3 is 5.97 Å². The number of imide groups is 1. The molecule has 1 heterocycles. The van der Waals surface area contributed by atoms with Gasteiger partial charge in [-0.15, -0.1) is 0 Å². The topological polar surface area (TPSA) is 63.7 Å². The van der Waals surface area contributed by atoms with Crippen molar-refractivity contribution < 1.29 is 19.2 Å². The predicted molar refractivity (Wildman–Crippen MR) is 91.8 cm³/mol. The molecule has 0 N–H and O–H groups in total. The minimum absolute atomic E-state index is 0.00145. The van der Waals surface area contributed by atoms with Gasteiger partial charge in [-0.1, -0.05) is 54.8 Å². The highest BCUT2D eigenvalue weighted by Gasteiger charge is 2.38. The highest BCUT2D eigenvalue weighted by Crippen LogP contribution is 2.23. The molecule has 2 aromatic rings. The molecule has 0 unspecified atom stereocenters. The summed E-state index contributed by atoms with van der Waals surface area (Å²) in [5, 5.41) is 0.544. The quantitative estimate of drug-likeness (QED) is 0.759. The van der Waals surface area contributed by atoms with Gasteiger partial charge in [0.25, 0.3) is 11.8 Å². The van der Waals surface area contributed by atoms with E-state index in [1.54, 1.807) is 24.3 Å². The molecule has 0 saturated heterocycles. The number of nitrogens with zero attached hydrogens (tertiary/aromatic N) is 1. The predicted octanol–water partition coefficient (Wildman–Crippen LogP) is 3.33. The first-order valence-corrected chi connectivity index (χ1v) is 8.36. The van der Waals surface area contributed by atoms with Gasteiger partial charge in [-0.25, -0.2) is 4.79 Å². The van der Waals surface area contributed by atoms with Gasteiger partial charge in [0.05, 0.1) is 17.5 Å². The van der Waals surface area contributed by atoms with Crippen LogP contribution in [0, 0.1) is 0 Å². The molecule has 0 saturated carbocycles. The monoisotopic (exact) mass is 337 g/mol. The molecule has 1 aliphatic heterocycles. The fraction of sp³-hybridized carbons (Fsp3) is 0.250. The average molecular weight is 337 g/mol. The summed E-state index contributed by atoms with van der Waals surface area (Å²) in [5.41, 5.74) is 2.50. The Kier molecular flexibility index (Phi) is 4.93. The number of rotatable bonds is 6. The number of hydrogen-bond acceptors (Lipinski definition) is 4. The van der Waals surface area contributed by atoms with Crippen molar-refractivity contribution in [1.82, 2.24) is 5.06 Å². The number of fused-ring (bicyclic) bond motifs is 1. The van der Waals surface area contributed by atoms with E-state index in [1.807, 2.05) is 24.3 Å². The first-order valence-electron chi connectivity index (χ1n) is 8.36. The van der Waals surface area contributed by atoms with E-state index >= 15 is 0 Å². The van der Waals surface area contributed by atoms with Crippen molar-refractivity contribution in [2.45, 2.75) is 32.6 Å². The molecule has 0 bridgehead atoms. The van der Waals surface area contributed by atoms with E-state index in [1.165, 1.54) is 5.56 Å². The molecular weight excluding hydrogens is 318 g/mol. The van der Waals surface area contributed by atoms with E-state index in [0.29, 0.717) is 5.06 Å². The Bertz CT molecular complexity index is 776. The van der Waals surface area contributed by atoms with Crippen LogP contribution in [-0.4, -0.2) is 22.8 Å². The standard InChI is InChI=1S/C20H19NO4/c1-2-3-6-14-9-11-15(12-10-14)13-18(22)25-21-19(23)16-7-4-5-8-17(16)20(21)24/h4-5,7-12H,2-3,6,13H2,1H3. The number of aryl methyl sites for hydroxylation is 1. The molecule has 5 nitrogen and oxygen atoms in total. The Morgan fingerprint density at radius 1 is 0.920 bits per heavy atom. The van der Waals surface area contributed by atoms with Crippen LogP contribution >= 0.6 is 0 Å². The lowest BCUT2D eigenvalue weighted by Gasteiger charge is -2.12. The summed E-state index contributed by atoms with van der Waals surface area (Å²) < 4.78 is 0. The SMILES string of the molecule is CCCCc1ccc(CC(=O)ON2C(=O)c3ccccc3C2=O)cc1. The Balaban J connectivity index is 1.62. The van der Waals surface area contributed by atoms with Crippen molar-refractivity contribution in [2.24, 2.45) is 0 Å². The molecule has 0 atom stereocenters. The molecule has 2 amide bonds. The minimum atomic E-state index is -0.643. The number of unbranched alkanes of at least 4 members (excludes halogenated alkanes) is 1. The Labute approximate surface area is 146 Å². The lowest BCUT2D eigenvalue weighted by molar-refractivity contribution is -0.167. The van der Waals surface area contributed by atoms with Gasteiger partial charge in [0, 0.05) is 0 Å². The van der Waals surface area contributed by atoms with Crippen LogP contribution in [-0.2, 0) is 22.5 Å². The maximum atomic E-state index is 12.2. The van der Waals surface area contributed by atoms with Crippen LogP contribution in [0.15, 0.2) is 48.5 Å². The summed E-state index contributed by atoms with van der Waals surface area (Å²) in [7, 11) is 0. The smallest absolute Gasteiger partial charge is 0.329 e. The summed E-state index contributed by atoms with van der Waals surface area (Å²) in [6, 6.07) is 14.1. The van der Waals surface area contributed by atoms with Crippen LogP contribution in [0.5, 0.6) is 0 Å². The molecule has 25 heavy (non-hydrogen) atoms. The van der Waals surface area contributed by atoms with Crippen molar-refractivity contribution in [3.8, 4) is 0 Å². The molecule has 0 fully saturated rings. The highest BCUT2D eigenvalue weighted by atomic mass is 16.7. The van der Waals surface area contributed by atoms with Gasteiger partial charge < -0.3 is 4.84 Å². The Morgan fingerprint density at radius 2 is 1.48 bits per heavy atom. The molecule has 1 aliphatic rings. The van der Waals surface area contributed by atoms with Crippen LogP contribution in [0.3, 0.4) is 0 Å². The van der Waals surface area contributed by atoms with E-state index < -0.39 is 17.8 Å². The molecule has 0 aliphatic carbocycles. The number of carbonyl (C=O) groups excluding carboxylic acids is 3.